The molecule has 0 saturated heterocycles. The summed E-state index contributed by atoms with van der Waals surface area (Å²) in [6, 6.07) is 23.7. The van der Waals surface area contributed by atoms with E-state index >= 15 is 0 Å². The van der Waals surface area contributed by atoms with Gasteiger partial charge in [0, 0.05) is 23.3 Å². The van der Waals surface area contributed by atoms with E-state index in [1.807, 2.05) is 48.5 Å². The molecule has 0 spiro atoms. The largest absolute Gasteiger partial charge is 0.457 e. The third kappa shape index (κ3) is 5.88. The van der Waals surface area contributed by atoms with Crippen molar-refractivity contribution in [1.82, 2.24) is 0 Å². The Morgan fingerprint density at radius 2 is 0.800 bits per heavy atom. The van der Waals surface area contributed by atoms with Crippen LogP contribution >= 0.6 is 63.7 Å². The molecular formula is C27H22Br4N2O2. The number of benzene rings is 4. The molecule has 0 heterocycles. The first-order chi connectivity index (χ1) is 16.5. The zero-order valence-corrected chi connectivity index (χ0v) is 25.3. The monoisotopic (exact) mass is 722 g/mol. The van der Waals surface area contributed by atoms with Crippen LogP contribution in [0.4, 0.5) is 11.4 Å². The molecule has 0 unspecified atom stereocenters. The van der Waals surface area contributed by atoms with Gasteiger partial charge in [-0.15, -0.1) is 0 Å². The van der Waals surface area contributed by atoms with E-state index in [-0.39, 0.29) is 5.41 Å². The van der Waals surface area contributed by atoms with E-state index in [1.165, 1.54) is 11.1 Å². The van der Waals surface area contributed by atoms with Crippen LogP contribution in [0.1, 0.15) is 25.0 Å². The van der Waals surface area contributed by atoms with Crippen LogP contribution in [0.5, 0.6) is 23.0 Å². The van der Waals surface area contributed by atoms with E-state index in [0.29, 0.717) is 22.9 Å². The summed E-state index contributed by atoms with van der Waals surface area (Å²) in [4.78, 5) is 0. The maximum atomic E-state index is 6.02. The lowest BCUT2D eigenvalue weighted by molar-refractivity contribution is 0.480. The molecule has 4 aromatic carbocycles. The van der Waals surface area contributed by atoms with Gasteiger partial charge in [-0.2, -0.15) is 0 Å². The summed E-state index contributed by atoms with van der Waals surface area (Å²) in [5.41, 5.74) is 15.3. The minimum atomic E-state index is -0.211. The fraction of sp³-hybridized carbons (Fsp3) is 0.111. The van der Waals surface area contributed by atoms with Crippen molar-refractivity contribution in [2.45, 2.75) is 19.3 Å². The van der Waals surface area contributed by atoms with E-state index in [2.05, 4.69) is 102 Å². The van der Waals surface area contributed by atoms with Crippen LogP contribution in [0.3, 0.4) is 0 Å². The molecule has 0 saturated carbocycles. The van der Waals surface area contributed by atoms with Gasteiger partial charge in [-0.05, 0) is 123 Å². The first-order valence-electron chi connectivity index (χ1n) is 10.6. The number of nitrogen functional groups attached to an aromatic ring is 2. The molecule has 0 atom stereocenters. The van der Waals surface area contributed by atoms with E-state index < -0.39 is 0 Å². The van der Waals surface area contributed by atoms with Crippen LogP contribution in [-0.4, -0.2) is 0 Å². The van der Waals surface area contributed by atoms with Gasteiger partial charge >= 0.3 is 0 Å². The highest BCUT2D eigenvalue weighted by Gasteiger charge is 2.23. The predicted molar refractivity (Wildman–Crippen MR) is 158 cm³/mol. The molecule has 0 aromatic heterocycles. The maximum Gasteiger partial charge on any atom is 0.129 e. The normalized spacial score (nSPS) is 11.4. The van der Waals surface area contributed by atoms with Gasteiger partial charge in [-0.25, -0.2) is 0 Å². The third-order valence-corrected chi connectivity index (χ3v) is 8.35. The second-order valence-corrected chi connectivity index (χ2v) is 11.9. The van der Waals surface area contributed by atoms with Crippen LogP contribution in [-0.2, 0) is 5.41 Å². The molecule has 4 rings (SSSR count). The molecule has 35 heavy (non-hydrogen) atoms. The molecule has 0 fully saturated rings. The number of hydrogen-bond acceptors (Lipinski definition) is 4. The maximum absolute atomic E-state index is 6.02. The first-order valence-corrected chi connectivity index (χ1v) is 13.8. The average Bonchev–Trinajstić information content (AvgIpc) is 2.81. The minimum absolute atomic E-state index is 0.211. The summed E-state index contributed by atoms with van der Waals surface area (Å²) in [6.07, 6.45) is 0. The van der Waals surface area contributed by atoms with Crippen LogP contribution in [0.2, 0.25) is 0 Å². The Balaban J connectivity index is 1.49. The van der Waals surface area contributed by atoms with Crippen molar-refractivity contribution >= 4 is 75.1 Å². The van der Waals surface area contributed by atoms with Crippen LogP contribution in [0.25, 0.3) is 0 Å². The van der Waals surface area contributed by atoms with Gasteiger partial charge in [-0.1, -0.05) is 38.1 Å². The Labute approximate surface area is 238 Å². The number of rotatable bonds is 6. The minimum Gasteiger partial charge on any atom is -0.457 e. The van der Waals surface area contributed by atoms with Crippen LogP contribution in [0.15, 0.2) is 90.7 Å². The standard InChI is InChI=1S/C27H22Br4N2O2/c1-27(2,15-3-7-17(8-4-15)34-19-11-21(28)25(32)22(29)12-19)16-5-9-18(10-6-16)35-20-13-23(30)26(33)24(31)14-20/h3-14H,32-33H2,1-2H3. The Kier molecular flexibility index (Phi) is 7.86. The fourth-order valence-electron chi connectivity index (χ4n) is 3.56. The fourth-order valence-corrected chi connectivity index (χ4v) is 5.85. The smallest absolute Gasteiger partial charge is 0.129 e. The summed E-state index contributed by atoms with van der Waals surface area (Å²) >= 11 is 13.8. The van der Waals surface area contributed by atoms with Gasteiger partial charge in [0.05, 0.1) is 11.4 Å². The lowest BCUT2D eigenvalue weighted by Gasteiger charge is -2.26. The van der Waals surface area contributed by atoms with Crippen molar-refractivity contribution in [3.63, 3.8) is 0 Å². The topological polar surface area (TPSA) is 70.5 Å². The number of halogens is 4. The highest BCUT2D eigenvalue weighted by Crippen LogP contribution is 2.38. The zero-order chi connectivity index (χ0) is 25.3. The van der Waals surface area contributed by atoms with E-state index in [9.17, 15) is 0 Å². The SMILES string of the molecule is CC(C)(c1ccc(Oc2cc(Br)c(N)c(Br)c2)cc1)c1ccc(Oc2cc(Br)c(N)c(Br)c2)cc1. The molecule has 0 bridgehead atoms. The lowest BCUT2D eigenvalue weighted by atomic mass is 9.78. The van der Waals surface area contributed by atoms with E-state index in [0.717, 1.165) is 29.4 Å². The van der Waals surface area contributed by atoms with Gasteiger partial charge in [0.15, 0.2) is 0 Å². The Morgan fingerprint density at radius 1 is 0.514 bits per heavy atom. The molecule has 4 aromatic rings. The van der Waals surface area contributed by atoms with Gasteiger partial charge in [-0.3, -0.25) is 0 Å². The summed E-state index contributed by atoms with van der Waals surface area (Å²) < 4.78 is 15.2. The second kappa shape index (κ2) is 10.5. The Bertz CT molecular complexity index is 1220. The molecule has 180 valence electrons. The zero-order valence-electron chi connectivity index (χ0n) is 18.9. The lowest BCUT2D eigenvalue weighted by Crippen LogP contribution is -2.18. The molecule has 0 aliphatic carbocycles. The summed E-state index contributed by atoms with van der Waals surface area (Å²) in [7, 11) is 0. The predicted octanol–water partition coefficient (Wildman–Crippen LogP) is 9.81. The number of hydrogen-bond donors (Lipinski definition) is 2. The Hall–Kier alpha value is -2.00. The third-order valence-electron chi connectivity index (χ3n) is 5.73. The molecule has 0 aliphatic heterocycles. The van der Waals surface area contributed by atoms with Crippen molar-refractivity contribution in [3.05, 3.63) is 102 Å². The number of anilines is 2. The molecule has 4 N–H and O–H groups in total. The summed E-state index contributed by atoms with van der Waals surface area (Å²) in [5, 5.41) is 0. The van der Waals surface area contributed by atoms with Crippen LogP contribution < -0.4 is 20.9 Å². The van der Waals surface area contributed by atoms with Crippen molar-refractivity contribution in [3.8, 4) is 23.0 Å². The number of nitrogens with two attached hydrogens (primary N) is 2. The molecular weight excluding hydrogens is 704 g/mol. The van der Waals surface area contributed by atoms with Gasteiger partial charge in [0.25, 0.3) is 0 Å². The van der Waals surface area contributed by atoms with Crippen molar-refractivity contribution in [2.75, 3.05) is 11.5 Å². The van der Waals surface area contributed by atoms with E-state index in [4.69, 9.17) is 20.9 Å². The van der Waals surface area contributed by atoms with Gasteiger partial charge < -0.3 is 20.9 Å². The van der Waals surface area contributed by atoms with Crippen molar-refractivity contribution in [2.24, 2.45) is 0 Å². The molecule has 0 amide bonds. The molecule has 4 nitrogen and oxygen atoms in total. The quantitative estimate of drug-likeness (QED) is 0.194. The van der Waals surface area contributed by atoms with E-state index in [1.54, 1.807) is 0 Å². The molecule has 0 radical (unpaired) electrons. The summed E-state index contributed by atoms with van der Waals surface area (Å²) in [5.74, 6) is 2.89. The highest BCUT2D eigenvalue weighted by molar-refractivity contribution is 9.11. The molecule has 0 aliphatic rings. The average molecular weight is 726 g/mol. The van der Waals surface area contributed by atoms with Crippen molar-refractivity contribution < 1.29 is 9.47 Å². The van der Waals surface area contributed by atoms with Crippen LogP contribution in [0, 0.1) is 0 Å². The molecule has 8 heteroatoms. The first kappa shape index (κ1) is 26.1. The van der Waals surface area contributed by atoms with Gasteiger partial charge in [0.1, 0.15) is 23.0 Å². The van der Waals surface area contributed by atoms with Gasteiger partial charge in [0.2, 0.25) is 0 Å². The second-order valence-electron chi connectivity index (χ2n) is 8.48. The summed E-state index contributed by atoms with van der Waals surface area (Å²) in [6.45, 7) is 4.39. The van der Waals surface area contributed by atoms with Crippen molar-refractivity contribution in [1.29, 1.82) is 0 Å². The Morgan fingerprint density at radius 3 is 1.09 bits per heavy atom. The highest BCUT2D eigenvalue weighted by atomic mass is 79.9. The number of ether oxygens (including phenoxy) is 2.